The molecule has 0 bridgehead atoms. The van der Waals surface area contributed by atoms with Crippen LogP contribution in [0.25, 0.3) is 0 Å². The van der Waals surface area contributed by atoms with E-state index in [-0.39, 0.29) is 0 Å². The van der Waals surface area contributed by atoms with Crippen LogP contribution in [0, 0.1) is 5.92 Å². The molecule has 1 aromatic carbocycles. The van der Waals surface area contributed by atoms with Gasteiger partial charge in [-0.25, -0.2) is 0 Å². The normalized spacial score (nSPS) is 28.2. The van der Waals surface area contributed by atoms with Crippen molar-refractivity contribution < 1.29 is 0 Å². The van der Waals surface area contributed by atoms with Crippen LogP contribution in [0.1, 0.15) is 44.1 Å². The summed E-state index contributed by atoms with van der Waals surface area (Å²) in [4.78, 5) is 2.76. The Labute approximate surface area is 123 Å². The lowest BCUT2D eigenvalue weighted by Crippen LogP contribution is -2.45. The van der Waals surface area contributed by atoms with Crippen molar-refractivity contribution in [1.29, 1.82) is 0 Å². The lowest BCUT2D eigenvalue weighted by molar-refractivity contribution is 0.129. The molecule has 20 heavy (non-hydrogen) atoms. The van der Waals surface area contributed by atoms with Gasteiger partial charge < -0.3 is 5.73 Å². The quantitative estimate of drug-likeness (QED) is 0.892. The van der Waals surface area contributed by atoms with Gasteiger partial charge in [-0.2, -0.15) is 0 Å². The number of hydrogen-bond acceptors (Lipinski definition) is 2. The Morgan fingerprint density at radius 1 is 1.10 bits per heavy atom. The first-order valence-corrected chi connectivity index (χ1v) is 8.38. The fraction of sp³-hybridized carbons (Fsp3) is 0.667. The summed E-state index contributed by atoms with van der Waals surface area (Å²) in [6.07, 6.45) is 9.52. The molecule has 2 nitrogen and oxygen atoms in total. The van der Waals surface area contributed by atoms with Gasteiger partial charge in [-0.15, -0.1) is 0 Å². The third-order valence-electron chi connectivity index (χ3n) is 5.40. The fourth-order valence-corrected chi connectivity index (χ4v) is 4.29. The summed E-state index contributed by atoms with van der Waals surface area (Å²) in [5, 5.41) is 0. The number of fused-ring (bicyclic) bond motifs is 1. The van der Waals surface area contributed by atoms with Crippen LogP contribution in [-0.4, -0.2) is 30.1 Å². The second-order valence-corrected chi connectivity index (χ2v) is 6.55. The maximum atomic E-state index is 6.10. The molecule has 2 aliphatic rings. The maximum Gasteiger partial charge on any atom is 0.0224 e. The van der Waals surface area contributed by atoms with Crippen molar-refractivity contribution in [2.75, 3.05) is 13.1 Å². The summed E-state index contributed by atoms with van der Waals surface area (Å²) in [7, 11) is 0. The average molecular weight is 272 g/mol. The van der Waals surface area contributed by atoms with E-state index in [1.54, 1.807) is 0 Å². The van der Waals surface area contributed by atoms with E-state index in [2.05, 4.69) is 35.2 Å². The second-order valence-electron chi connectivity index (χ2n) is 6.55. The number of rotatable bonds is 5. The summed E-state index contributed by atoms with van der Waals surface area (Å²) in [5.41, 5.74) is 7.55. The molecule has 0 radical (unpaired) electrons. The summed E-state index contributed by atoms with van der Waals surface area (Å²) in [6, 6.07) is 12.3. The number of likely N-dealkylation sites (tertiary alicyclic amines) is 1. The third kappa shape index (κ3) is 3.07. The van der Waals surface area contributed by atoms with E-state index in [0.29, 0.717) is 6.04 Å². The number of benzene rings is 1. The smallest absolute Gasteiger partial charge is 0.0224 e. The van der Waals surface area contributed by atoms with Gasteiger partial charge in [0, 0.05) is 18.6 Å². The molecule has 2 N–H and O–H groups in total. The zero-order valence-corrected chi connectivity index (χ0v) is 12.5. The molecule has 3 atom stereocenters. The molecule has 3 rings (SSSR count). The summed E-state index contributed by atoms with van der Waals surface area (Å²) >= 11 is 0. The molecule has 0 amide bonds. The highest BCUT2D eigenvalue weighted by molar-refractivity contribution is 5.15. The van der Waals surface area contributed by atoms with Crippen LogP contribution in [0.4, 0.5) is 0 Å². The Morgan fingerprint density at radius 2 is 1.90 bits per heavy atom. The molecular formula is C18H28N2. The van der Waals surface area contributed by atoms with Crippen LogP contribution in [0.2, 0.25) is 0 Å². The highest BCUT2D eigenvalue weighted by Crippen LogP contribution is 2.37. The monoisotopic (exact) mass is 272 g/mol. The van der Waals surface area contributed by atoms with Crippen molar-refractivity contribution >= 4 is 0 Å². The minimum absolute atomic E-state index is 0.586. The van der Waals surface area contributed by atoms with E-state index in [4.69, 9.17) is 5.73 Å². The molecular weight excluding hydrogens is 244 g/mol. The number of nitrogens with two attached hydrogens (primary N) is 1. The lowest BCUT2D eigenvalue weighted by atomic mass is 9.85. The summed E-state index contributed by atoms with van der Waals surface area (Å²) in [5.74, 6) is 0.967. The van der Waals surface area contributed by atoms with Crippen LogP contribution in [0.3, 0.4) is 0 Å². The highest BCUT2D eigenvalue weighted by atomic mass is 15.2. The Morgan fingerprint density at radius 3 is 2.70 bits per heavy atom. The van der Waals surface area contributed by atoms with Crippen LogP contribution in [-0.2, 0) is 6.42 Å². The van der Waals surface area contributed by atoms with Gasteiger partial charge in [-0.3, -0.25) is 4.90 Å². The number of hydrogen-bond donors (Lipinski definition) is 1. The number of nitrogens with zero attached hydrogens (tertiary/aromatic N) is 1. The third-order valence-corrected chi connectivity index (χ3v) is 5.40. The second kappa shape index (κ2) is 6.73. The minimum atomic E-state index is 0.586. The van der Waals surface area contributed by atoms with Gasteiger partial charge in [-0.1, -0.05) is 43.2 Å². The van der Waals surface area contributed by atoms with Crippen LogP contribution in [0.5, 0.6) is 0 Å². The molecule has 1 aliphatic heterocycles. The van der Waals surface area contributed by atoms with Crippen molar-refractivity contribution in [2.45, 2.75) is 57.0 Å². The largest absolute Gasteiger partial charge is 0.329 e. The Kier molecular flexibility index (Phi) is 4.74. The molecule has 2 heteroatoms. The highest BCUT2D eigenvalue weighted by Gasteiger charge is 2.38. The van der Waals surface area contributed by atoms with Crippen LogP contribution in [0.15, 0.2) is 30.3 Å². The standard InChI is InChI=1S/C18H28N2/c19-14-17(11-10-15-6-2-1-3-7-15)20-13-12-16-8-4-5-9-18(16)20/h1-3,6-7,16-18H,4-5,8-14,19H2. The minimum Gasteiger partial charge on any atom is -0.329 e. The summed E-state index contributed by atoms with van der Waals surface area (Å²) in [6.45, 7) is 2.10. The van der Waals surface area contributed by atoms with Crippen LogP contribution >= 0.6 is 0 Å². The van der Waals surface area contributed by atoms with E-state index in [1.807, 2.05) is 0 Å². The predicted octanol–water partition coefficient (Wildman–Crippen LogP) is 3.21. The average Bonchev–Trinajstić information content (AvgIpc) is 2.93. The van der Waals surface area contributed by atoms with E-state index in [1.165, 1.54) is 50.6 Å². The lowest BCUT2D eigenvalue weighted by Gasteiger charge is -2.36. The zero-order chi connectivity index (χ0) is 13.8. The van der Waals surface area contributed by atoms with Crippen molar-refractivity contribution in [3.8, 4) is 0 Å². The molecule has 3 unspecified atom stereocenters. The maximum absolute atomic E-state index is 6.10. The molecule has 1 saturated heterocycles. The Bertz CT molecular complexity index is 403. The molecule has 1 aromatic rings. The van der Waals surface area contributed by atoms with Crippen molar-refractivity contribution in [3.63, 3.8) is 0 Å². The predicted molar refractivity (Wildman–Crippen MR) is 84.7 cm³/mol. The van der Waals surface area contributed by atoms with E-state index in [0.717, 1.165) is 24.9 Å². The number of aryl methyl sites for hydroxylation is 1. The van der Waals surface area contributed by atoms with E-state index >= 15 is 0 Å². The first kappa shape index (κ1) is 14.1. The molecule has 1 heterocycles. The Balaban J connectivity index is 1.59. The van der Waals surface area contributed by atoms with Gasteiger partial charge in [0.15, 0.2) is 0 Å². The van der Waals surface area contributed by atoms with Gasteiger partial charge in [0.1, 0.15) is 0 Å². The van der Waals surface area contributed by atoms with Crippen molar-refractivity contribution in [1.82, 2.24) is 4.90 Å². The Hall–Kier alpha value is -0.860. The first-order valence-electron chi connectivity index (χ1n) is 8.38. The van der Waals surface area contributed by atoms with E-state index in [9.17, 15) is 0 Å². The molecule has 2 fully saturated rings. The fourth-order valence-electron chi connectivity index (χ4n) is 4.29. The van der Waals surface area contributed by atoms with Crippen molar-refractivity contribution in [3.05, 3.63) is 35.9 Å². The SMILES string of the molecule is NCC(CCc1ccccc1)N1CCC2CCCCC21. The van der Waals surface area contributed by atoms with E-state index < -0.39 is 0 Å². The molecule has 1 aliphatic carbocycles. The topological polar surface area (TPSA) is 29.3 Å². The first-order chi connectivity index (χ1) is 9.88. The van der Waals surface area contributed by atoms with Crippen LogP contribution < -0.4 is 5.73 Å². The molecule has 0 spiro atoms. The van der Waals surface area contributed by atoms with Gasteiger partial charge in [0.25, 0.3) is 0 Å². The van der Waals surface area contributed by atoms with Gasteiger partial charge in [-0.05, 0) is 50.1 Å². The van der Waals surface area contributed by atoms with Gasteiger partial charge >= 0.3 is 0 Å². The van der Waals surface area contributed by atoms with Crippen molar-refractivity contribution in [2.24, 2.45) is 11.7 Å². The molecule has 0 aromatic heterocycles. The van der Waals surface area contributed by atoms with Gasteiger partial charge in [0.05, 0.1) is 0 Å². The van der Waals surface area contributed by atoms with Gasteiger partial charge in [0.2, 0.25) is 0 Å². The summed E-state index contributed by atoms with van der Waals surface area (Å²) < 4.78 is 0. The zero-order valence-electron chi connectivity index (χ0n) is 12.5. The molecule has 110 valence electrons. The molecule has 1 saturated carbocycles.